The molecule has 4 aromatic rings. The molecule has 10 nitrogen and oxygen atoms in total. The van der Waals surface area contributed by atoms with Crippen LogP contribution in [0.1, 0.15) is 21.9 Å². The first-order valence-electron chi connectivity index (χ1n) is 9.99. The summed E-state index contributed by atoms with van der Waals surface area (Å²) in [5.41, 5.74) is 2.22. The first-order valence-corrected chi connectivity index (χ1v) is 9.99. The van der Waals surface area contributed by atoms with Gasteiger partial charge in [0.25, 0.3) is 5.91 Å². The number of aryl methyl sites for hydroxylation is 2. The van der Waals surface area contributed by atoms with E-state index in [4.69, 9.17) is 8.94 Å². The van der Waals surface area contributed by atoms with Crippen LogP contribution in [0.2, 0.25) is 0 Å². The molecule has 0 atom stereocenters. The Kier molecular flexibility index (Phi) is 4.73. The predicted molar refractivity (Wildman–Crippen MR) is 111 cm³/mol. The molecule has 4 aromatic heterocycles. The lowest BCUT2D eigenvalue weighted by Gasteiger charge is -2.35. The highest BCUT2D eigenvalue weighted by molar-refractivity contribution is 5.93. The second-order valence-corrected chi connectivity index (χ2v) is 7.41. The molecule has 1 aliphatic heterocycles. The molecule has 0 aromatic carbocycles. The Morgan fingerprint density at radius 3 is 2.52 bits per heavy atom. The van der Waals surface area contributed by atoms with E-state index in [1.807, 2.05) is 30.7 Å². The first-order chi connectivity index (χ1) is 15.1. The van der Waals surface area contributed by atoms with Gasteiger partial charge in [0.1, 0.15) is 12.1 Å². The van der Waals surface area contributed by atoms with Crippen molar-refractivity contribution < 1.29 is 13.7 Å². The van der Waals surface area contributed by atoms with Gasteiger partial charge in [-0.1, -0.05) is 5.16 Å². The van der Waals surface area contributed by atoms with Crippen molar-refractivity contribution in [2.75, 3.05) is 31.1 Å². The zero-order valence-electron chi connectivity index (χ0n) is 17.2. The van der Waals surface area contributed by atoms with Crippen molar-refractivity contribution in [2.24, 2.45) is 0 Å². The van der Waals surface area contributed by atoms with Gasteiger partial charge in [-0.2, -0.15) is 5.10 Å². The average Bonchev–Trinajstić information content (AvgIpc) is 3.54. The number of rotatable bonds is 4. The van der Waals surface area contributed by atoms with Gasteiger partial charge in [-0.15, -0.1) is 0 Å². The number of hydrogen-bond donors (Lipinski definition) is 0. The minimum Gasteiger partial charge on any atom is -0.461 e. The van der Waals surface area contributed by atoms with Crippen LogP contribution in [-0.2, 0) is 0 Å². The van der Waals surface area contributed by atoms with E-state index >= 15 is 0 Å². The van der Waals surface area contributed by atoms with Gasteiger partial charge in [-0.3, -0.25) is 4.79 Å². The quantitative estimate of drug-likeness (QED) is 0.497. The summed E-state index contributed by atoms with van der Waals surface area (Å²) >= 11 is 0. The molecular formula is C21H21N7O3. The first kappa shape index (κ1) is 19.0. The normalized spacial score (nSPS) is 14.3. The van der Waals surface area contributed by atoms with Gasteiger partial charge in [0.2, 0.25) is 5.76 Å². The number of carbonyl (C=O) groups excluding carboxylic acids is 1. The fourth-order valence-electron chi connectivity index (χ4n) is 3.70. The molecule has 0 N–H and O–H groups in total. The Morgan fingerprint density at radius 2 is 1.81 bits per heavy atom. The van der Waals surface area contributed by atoms with E-state index in [-0.39, 0.29) is 11.6 Å². The third kappa shape index (κ3) is 3.67. The summed E-state index contributed by atoms with van der Waals surface area (Å²) in [5, 5.41) is 8.40. The summed E-state index contributed by atoms with van der Waals surface area (Å²) in [7, 11) is 0. The number of anilines is 1. The van der Waals surface area contributed by atoms with E-state index in [2.05, 4.69) is 25.1 Å². The molecule has 0 bridgehead atoms. The van der Waals surface area contributed by atoms with Gasteiger partial charge in [-0.25, -0.2) is 14.6 Å². The van der Waals surface area contributed by atoms with Crippen LogP contribution in [0.4, 0.5) is 5.82 Å². The van der Waals surface area contributed by atoms with Gasteiger partial charge >= 0.3 is 0 Å². The number of piperazine rings is 1. The molecule has 1 fully saturated rings. The van der Waals surface area contributed by atoms with Crippen LogP contribution in [0.5, 0.6) is 0 Å². The number of carbonyl (C=O) groups is 1. The van der Waals surface area contributed by atoms with Crippen LogP contribution in [0.3, 0.4) is 0 Å². The third-order valence-corrected chi connectivity index (χ3v) is 5.25. The maximum absolute atomic E-state index is 12.8. The van der Waals surface area contributed by atoms with E-state index in [0.717, 1.165) is 23.0 Å². The van der Waals surface area contributed by atoms with E-state index in [0.29, 0.717) is 37.7 Å². The molecule has 0 spiro atoms. The SMILES string of the molecule is Cc1cc(C)n(-c2cc(N3CCN(C(=O)c4cc(-c5ccco5)on4)CC3)ncn2)n1. The van der Waals surface area contributed by atoms with Crippen LogP contribution in [-0.4, -0.2) is 61.9 Å². The van der Waals surface area contributed by atoms with Crippen molar-refractivity contribution in [1.82, 2.24) is 29.8 Å². The molecule has 10 heteroatoms. The van der Waals surface area contributed by atoms with Gasteiger partial charge < -0.3 is 18.7 Å². The van der Waals surface area contributed by atoms with E-state index in [1.165, 1.54) is 0 Å². The average molecular weight is 419 g/mol. The lowest BCUT2D eigenvalue weighted by Crippen LogP contribution is -2.49. The lowest BCUT2D eigenvalue weighted by molar-refractivity contribution is 0.0736. The van der Waals surface area contributed by atoms with Crippen LogP contribution >= 0.6 is 0 Å². The molecule has 1 amide bonds. The Morgan fingerprint density at radius 1 is 1.00 bits per heavy atom. The molecule has 5 rings (SSSR count). The maximum Gasteiger partial charge on any atom is 0.276 e. The Bertz CT molecular complexity index is 1200. The molecule has 158 valence electrons. The largest absolute Gasteiger partial charge is 0.461 e. The van der Waals surface area contributed by atoms with Crippen LogP contribution in [0, 0.1) is 13.8 Å². The zero-order chi connectivity index (χ0) is 21.4. The molecular weight excluding hydrogens is 398 g/mol. The predicted octanol–water partition coefficient (Wildman–Crippen LogP) is 2.49. The monoisotopic (exact) mass is 419 g/mol. The number of amides is 1. The second kappa shape index (κ2) is 7.71. The van der Waals surface area contributed by atoms with E-state index in [9.17, 15) is 4.79 Å². The Hall–Kier alpha value is -3.95. The molecule has 31 heavy (non-hydrogen) atoms. The number of hydrogen-bond acceptors (Lipinski definition) is 8. The number of nitrogens with zero attached hydrogens (tertiary/aromatic N) is 7. The molecule has 0 radical (unpaired) electrons. The van der Waals surface area contributed by atoms with Crippen molar-refractivity contribution in [3.63, 3.8) is 0 Å². The number of furan rings is 1. The fourth-order valence-corrected chi connectivity index (χ4v) is 3.70. The highest BCUT2D eigenvalue weighted by Gasteiger charge is 2.26. The van der Waals surface area contributed by atoms with Crippen molar-refractivity contribution in [1.29, 1.82) is 0 Å². The molecule has 0 unspecified atom stereocenters. The molecule has 5 heterocycles. The zero-order valence-corrected chi connectivity index (χ0v) is 17.2. The van der Waals surface area contributed by atoms with Crippen LogP contribution in [0.15, 0.2) is 51.9 Å². The summed E-state index contributed by atoms with van der Waals surface area (Å²) in [6, 6.07) is 9.05. The highest BCUT2D eigenvalue weighted by Crippen LogP contribution is 2.22. The van der Waals surface area contributed by atoms with Crippen molar-refractivity contribution >= 4 is 11.7 Å². The molecule has 1 aliphatic rings. The standard InChI is InChI=1S/C21H21N7O3/c1-14-10-15(2)28(24-14)20-12-19(22-13-23-20)26-5-7-27(8-6-26)21(29)16-11-18(31-25-16)17-4-3-9-30-17/h3-4,9-13H,5-8H2,1-2H3. The van der Waals surface area contributed by atoms with Crippen LogP contribution < -0.4 is 4.90 Å². The highest BCUT2D eigenvalue weighted by atomic mass is 16.5. The fraction of sp³-hybridized carbons (Fsp3) is 0.286. The summed E-state index contributed by atoms with van der Waals surface area (Å²) in [5.74, 6) is 2.35. The van der Waals surface area contributed by atoms with Crippen LogP contribution in [0.25, 0.3) is 17.3 Å². The molecule has 0 aliphatic carbocycles. The van der Waals surface area contributed by atoms with Gasteiger partial charge in [0, 0.05) is 44.0 Å². The Balaban J connectivity index is 1.26. The van der Waals surface area contributed by atoms with Gasteiger partial charge in [0.15, 0.2) is 17.3 Å². The minimum atomic E-state index is -0.160. The van der Waals surface area contributed by atoms with Crippen molar-refractivity contribution in [3.05, 3.63) is 60.0 Å². The summed E-state index contributed by atoms with van der Waals surface area (Å²) in [6.45, 7) is 6.37. The minimum absolute atomic E-state index is 0.160. The van der Waals surface area contributed by atoms with Gasteiger partial charge in [0.05, 0.1) is 12.0 Å². The second-order valence-electron chi connectivity index (χ2n) is 7.41. The molecule has 1 saturated heterocycles. The third-order valence-electron chi connectivity index (χ3n) is 5.25. The summed E-state index contributed by atoms with van der Waals surface area (Å²) in [4.78, 5) is 25.5. The topological polar surface area (TPSA) is 106 Å². The summed E-state index contributed by atoms with van der Waals surface area (Å²) < 4.78 is 12.3. The van der Waals surface area contributed by atoms with Crippen molar-refractivity contribution in [2.45, 2.75) is 13.8 Å². The van der Waals surface area contributed by atoms with E-state index in [1.54, 1.807) is 35.7 Å². The maximum atomic E-state index is 12.8. The van der Waals surface area contributed by atoms with Crippen molar-refractivity contribution in [3.8, 4) is 17.3 Å². The lowest BCUT2D eigenvalue weighted by atomic mass is 10.2. The smallest absolute Gasteiger partial charge is 0.276 e. The Labute approximate surface area is 178 Å². The van der Waals surface area contributed by atoms with E-state index < -0.39 is 0 Å². The number of aromatic nitrogens is 5. The summed E-state index contributed by atoms with van der Waals surface area (Å²) in [6.07, 6.45) is 3.09. The van der Waals surface area contributed by atoms with Gasteiger partial charge in [-0.05, 0) is 32.0 Å². The molecule has 0 saturated carbocycles.